The Morgan fingerprint density at radius 1 is 0.852 bits per heavy atom. The lowest BCUT2D eigenvalue weighted by atomic mass is 10.0. The summed E-state index contributed by atoms with van der Waals surface area (Å²) < 4.78 is 27.1. The van der Waals surface area contributed by atoms with E-state index in [1.54, 1.807) is 66.7 Å². The van der Waals surface area contributed by atoms with Crippen LogP contribution in [0.15, 0.2) is 83.8 Å². The van der Waals surface area contributed by atoms with Gasteiger partial charge >= 0.3 is 0 Å². The molecule has 138 valence electrons. The first-order valence-corrected chi connectivity index (χ1v) is 9.91. The molecule has 3 rings (SSSR count). The van der Waals surface area contributed by atoms with Crippen molar-refractivity contribution in [3.63, 3.8) is 0 Å². The molecule has 0 atom stereocenters. The van der Waals surface area contributed by atoms with Crippen LogP contribution in [-0.2, 0) is 16.4 Å². The number of anilines is 1. The van der Waals surface area contributed by atoms with Crippen molar-refractivity contribution >= 4 is 21.5 Å². The summed E-state index contributed by atoms with van der Waals surface area (Å²) in [7, 11) is -3.65. The topological polar surface area (TPSA) is 83.5 Å². The molecule has 5 nitrogen and oxygen atoms in total. The Kier molecular flexibility index (Phi) is 5.57. The fraction of sp³-hybridized carbons (Fsp3) is 0.0952. The van der Waals surface area contributed by atoms with Crippen molar-refractivity contribution in [3.05, 3.63) is 90.0 Å². The molecule has 0 fully saturated rings. The zero-order valence-electron chi connectivity index (χ0n) is 14.5. The van der Waals surface area contributed by atoms with Crippen LogP contribution >= 0.6 is 0 Å². The molecular formula is C21H19NO4S. The molecule has 0 saturated heterocycles. The van der Waals surface area contributed by atoms with Crippen LogP contribution in [0.4, 0.5) is 5.69 Å². The first-order valence-electron chi connectivity index (χ1n) is 8.43. The van der Waals surface area contributed by atoms with Crippen LogP contribution in [0, 0.1) is 0 Å². The smallest absolute Gasteiger partial charge is 0.261 e. The van der Waals surface area contributed by atoms with Crippen molar-refractivity contribution in [2.45, 2.75) is 17.7 Å². The van der Waals surface area contributed by atoms with Crippen LogP contribution in [0.5, 0.6) is 5.75 Å². The highest BCUT2D eigenvalue weighted by Crippen LogP contribution is 2.18. The van der Waals surface area contributed by atoms with Gasteiger partial charge in [-0.15, -0.1) is 0 Å². The van der Waals surface area contributed by atoms with Crippen molar-refractivity contribution in [2.75, 3.05) is 4.72 Å². The molecule has 0 radical (unpaired) electrons. The third kappa shape index (κ3) is 4.95. The molecule has 27 heavy (non-hydrogen) atoms. The van der Waals surface area contributed by atoms with E-state index >= 15 is 0 Å². The predicted octanol–water partition coefficient (Wildman–Crippen LogP) is 4.01. The van der Waals surface area contributed by atoms with Gasteiger partial charge in [-0.1, -0.05) is 30.3 Å². The Morgan fingerprint density at radius 3 is 2.11 bits per heavy atom. The molecule has 0 aliphatic rings. The number of hydrogen-bond donors (Lipinski definition) is 2. The number of phenols is 1. The molecule has 0 unspecified atom stereocenters. The van der Waals surface area contributed by atoms with Crippen molar-refractivity contribution in [3.8, 4) is 5.75 Å². The van der Waals surface area contributed by atoms with Crippen molar-refractivity contribution in [1.82, 2.24) is 0 Å². The van der Waals surface area contributed by atoms with E-state index in [4.69, 9.17) is 0 Å². The Hall–Kier alpha value is -3.12. The first kappa shape index (κ1) is 18.7. The Morgan fingerprint density at radius 2 is 1.48 bits per heavy atom. The number of rotatable bonds is 7. The summed E-state index contributed by atoms with van der Waals surface area (Å²) >= 11 is 0. The van der Waals surface area contributed by atoms with Gasteiger partial charge in [0.1, 0.15) is 5.75 Å². The van der Waals surface area contributed by atoms with Crippen LogP contribution < -0.4 is 4.72 Å². The van der Waals surface area contributed by atoms with Gasteiger partial charge in [-0.25, -0.2) is 8.42 Å². The summed E-state index contributed by atoms with van der Waals surface area (Å²) in [6.07, 6.45) is 0.904. The number of Topliss-reactive ketones (excluding diaryl/α,β-unsaturated/α-hetero) is 1. The Labute approximate surface area is 158 Å². The fourth-order valence-corrected chi connectivity index (χ4v) is 3.68. The van der Waals surface area contributed by atoms with E-state index in [-0.39, 0.29) is 16.4 Å². The van der Waals surface area contributed by atoms with Gasteiger partial charge in [0, 0.05) is 17.7 Å². The minimum Gasteiger partial charge on any atom is -0.508 e. The standard InChI is InChI=1S/C21H19NO4S/c23-19-13-6-16(7-14-19)8-15-21(24)17-9-11-18(12-10-17)22-27(25,26)20-4-2-1-3-5-20/h1-7,9-14,22-23H,8,15H2. The highest BCUT2D eigenvalue weighted by atomic mass is 32.2. The lowest BCUT2D eigenvalue weighted by molar-refractivity contribution is 0.0983. The number of aryl methyl sites for hydroxylation is 1. The van der Waals surface area contributed by atoms with E-state index in [2.05, 4.69) is 4.72 Å². The highest BCUT2D eigenvalue weighted by Gasteiger charge is 2.14. The molecule has 0 aliphatic heterocycles. The Balaban J connectivity index is 1.62. The van der Waals surface area contributed by atoms with Crippen molar-refractivity contribution in [2.24, 2.45) is 0 Å². The first-order chi connectivity index (χ1) is 12.9. The van der Waals surface area contributed by atoms with E-state index in [1.165, 1.54) is 12.1 Å². The third-order valence-electron chi connectivity index (χ3n) is 4.09. The van der Waals surface area contributed by atoms with Crippen LogP contribution in [0.1, 0.15) is 22.3 Å². The number of carbonyl (C=O) groups is 1. The molecule has 6 heteroatoms. The number of nitrogens with one attached hydrogen (secondary N) is 1. The molecular weight excluding hydrogens is 362 g/mol. The summed E-state index contributed by atoms with van der Waals surface area (Å²) in [5.74, 6) is 0.166. The molecule has 2 N–H and O–H groups in total. The average Bonchev–Trinajstić information content (AvgIpc) is 2.68. The fourth-order valence-electron chi connectivity index (χ4n) is 2.60. The van der Waals surface area contributed by atoms with Crippen LogP contribution in [-0.4, -0.2) is 19.3 Å². The zero-order valence-corrected chi connectivity index (χ0v) is 15.3. The number of aromatic hydroxyl groups is 1. The van der Waals surface area contributed by atoms with E-state index in [0.717, 1.165) is 5.56 Å². The van der Waals surface area contributed by atoms with Gasteiger partial charge in [0.15, 0.2) is 5.78 Å². The monoisotopic (exact) mass is 381 g/mol. The molecule has 0 aliphatic carbocycles. The minimum atomic E-state index is -3.65. The maximum Gasteiger partial charge on any atom is 0.261 e. The maximum absolute atomic E-state index is 12.3. The number of carbonyl (C=O) groups excluding carboxylic acids is 1. The van der Waals surface area contributed by atoms with Crippen LogP contribution in [0.3, 0.4) is 0 Å². The molecule has 0 amide bonds. The van der Waals surface area contributed by atoms with Crippen molar-refractivity contribution < 1.29 is 18.3 Å². The highest BCUT2D eigenvalue weighted by molar-refractivity contribution is 7.92. The largest absolute Gasteiger partial charge is 0.508 e. The molecule has 0 saturated carbocycles. The lowest BCUT2D eigenvalue weighted by Gasteiger charge is -2.09. The molecule has 0 heterocycles. The molecule has 0 spiro atoms. The molecule has 3 aromatic rings. The molecule has 0 aromatic heterocycles. The number of benzene rings is 3. The second-order valence-corrected chi connectivity index (χ2v) is 7.77. The van der Waals surface area contributed by atoms with E-state index in [0.29, 0.717) is 24.1 Å². The van der Waals surface area contributed by atoms with Crippen molar-refractivity contribution in [1.29, 1.82) is 0 Å². The van der Waals surface area contributed by atoms with E-state index in [1.807, 2.05) is 0 Å². The number of ketones is 1. The van der Waals surface area contributed by atoms with Gasteiger partial charge in [-0.05, 0) is 60.5 Å². The lowest BCUT2D eigenvalue weighted by Crippen LogP contribution is -2.12. The average molecular weight is 381 g/mol. The second kappa shape index (κ2) is 8.05. The minimum absolute atomic E-state index is 0.0273. The van der Waals surface area contributed by atoms with E-state index < -0.39 is 10.0 Å². The van der Waals surface area contributed by atoms with Gasteiger partial charge in [-0.3, -0.25) is 9.52 Å². The van der Waals surface area contributed by atoms with Gasteiger partial charge in [0.05, 0.1) is 4.90 Å². The number of phenolic OH excluding ortho intramolecular Hbond substituents is 1. The van der Waals surface area contributed by atoms with Gasteiger partial charge in [0.2, 0.25) is 0 Å². The molecule has 0 bridgehead atoms. The van der Waals surface area contributed by atoms with Gasteiger partial charge < -0.3 is 5.11 Å². The summed E-state index contributed by atoms with van der Waals surface area (Å²) in [6, 6.07) is 21.2. The Bertz CT molecular complexity index is 1010. The summed E-state index contributed by atoms with van der Waals surface area (Å²) in [5, 5.41) is 9.28. The third-order valence-corrected chi connectivity index (χ3v) is 5.49. The summed E-state index contributed by atoms with van der Waals surface area (Å²) in [6.45, 7) is 0. The molecule has 3 aromatic carbocycles. The van der Waals surface area contributed by atoms with Gasteiger partial charge in [-0.2, -0.15) is 0 Å². The van der Waals surface area contributed by atoms with Crippen LogP contribution in [0.25, 0.3) is 0 Å². The normalized spacial score (nSPS) is 11.1. The summed E-state index contributed by atoms with van der Waals surface area (Å²) in [4.78, 5) is 12.5. The second-order valence-electron chi connectivity index (χ2n) is 6.09. The summed E-state index contributed by atoms with van der Waals surface area (Å²) in [5.41, 5.74) is 1.89. The quantitative estimate of drug-likeness (QED) is 0.606. The van der Waals surface area contributed by atoms with Crippen LogP contribution in [0.2, 0.25) is 0 Å². The van der Waals surface area contributed by atoms with E-state index in [9.17, 15) is 18.3 Å². The number of hydrogen-bond acceptors (Lipinski definition) is 4. The number of sulfonamides is 1. The van der Waals surface area contributed by atoms with Gasteiger partial charge in [0.25, 0.3) is 10.0 Å². The predicted molar refractivity (Wildman–Crippen MR) is 104 cm³/mol. The maximum atomic E-state index is 12.3. The SMILES string of the molecule is O=C(CCc1ccc(O)cc1)c1ccc(NS(=O)(=O)c2ccccc2)cc1. The zero-order chi connectivity index (χ0) is 19.3.